The van der Waals surface area contributed by atoms with Crippen LogP contribution in [0.2, 0.25) is 0 Å². The molecule has 1 aromatic carbocycles. The fourth-order valence-corrected chi connectivity index (χ4v) is 2.53. The lowest BCUT2D eigenvalue weighted by atomic mass is 9.76. The summed E-state index contributed by atoms with van der Waals surface area (Å²) in [5, 5.41) is 9.40. The lowest BCUT2D eigenvalue weighted by Gasteiger charge is -2.30. The largest absolute Gasteiger partial charge is 0.508 e. The number of nitrogens with two attached hydrogens (primary N) is 1. The molecule has 0 fully saturated rings. The molecule has 112 valence electrons. The van der Waals surface area contributed by atoms with Gasteiger partial charge in [-0.2, -0.15) is 0 Å². The Bertz CT molecular complexity index is 435. The second kappa shape index (κ2) is 7.44. The van der Waals surface area contributed by atoms with Crippen LogP contribution in [0.25, 0.3) is 0 Å². The van der Waals surface area contributed by atoms with E-state index in [2.05, 4.69) is 20.8 Å². The van der Waals surface area contributed by atoms with Crippen molar-refractivity contribution in [1.29, 1.82) is 0 Å². The zero-order valence-electron chi connectivity index (χ0n) is 12.9. The molecule has 0 amide bonds. The van der Waals surface area contributed by atoms with Gasteiger partial charge in [0.2, 0.25) is 0 Å². The Balaban J connectivity index is 2.50. The van der Waals surface area contributed by atoms with Crippen LogP contribution >= 0.6 is 0 Å². The molecular weight excluding hydrogens is 250 g/mol. The van der Waals surface area contributed by atoms with Gasteiger partial charge in [-0.15, -0.1) is 0 Å². The van der Waals surface area contributed by atoms with Crippen LogP contribution in [0.15, 0.2) is 24.3 Å². The number of carbonyl (C=O) groups is 1. The van der Waals surface area contributed by atoms with Gasteiger partial charge in [-0.25, -0.2) is 0 Å². The van der Waals surface area contributed by atoms with Crippen LogP contribution in [0.3, 0.4) is 0 Å². The highest BCUT2D eigenvalue weighted by molar-refractivity contribution is 5.80. The zero-order chi connectivity index (χ0) is 15.2. The molecule has 0 saturated carbocycles. The van der Waals surface area contributed by atoms with Crippen molar-refractivity contribution in [2.45, 2.75) is 46.5 Å². The number of hydrogen-bond acceptors (Lipinski definition) is 3. The Kier molecular flexibility index (Phi) is 6.21. The first-order chi connectivity index (χ1) is 9.32. The van der Waals surface area contributed by atoms with Crippen molar-refractivity contribution in [2.75, 3.05) is 6.54 Å². The van der Waals surface area contributed by atoms with E-state index >= 15 is 0 Å². The topological polar surface area (TPSA) is 63.3 Å². The van der Waals surface area contributed by atoms with Gasteiger partial charge < -0.3 is 10.8 Å². The number of carbonyl (C=O) groups excluding carboxylic acids is 1. The van der Waals surface area contributed by atoms with Gasteiger partial charge in [0.25, 0.3) is 0 Å². The molecular formula is C17H27NO2. The Labute approximate surface area is 122 Å². The fraction of sp³-hybridized carbons (Fsp3) is 0.588. The van der Waals surface area contributed by atoms with Crippen molar-refractivity contribution >= 4 is 5.78 Å². The normalized spacial score (nSPS) is 13.2. The predicted octanol–water partition coefficient (Wildman–Crippen LogP) is 3.30. The molecule has 0 aliphatic carbocycles. The first kappa shape index (κ1) is 16.7. The lowest BCUT2D eigenvalue weighted by molar-refractivity contribution is -0.118. The molecule has 0 saturated heterocycles. The van der Waals surface area contributed by atoms with Gasteiger partial charge in [0.15, 0.2) is 0 Å². The Morgan fingerprint density at radius 2 is 2.00 bits per heavy atom. The summed E-state index contributed by atoms with van der Waals surface area (Å²) in [6.45, 7) is 7.27. The van der Waals surface area contributed by atoms with Gasteiger partial charge in [-0.05, 0) is 48.4 Å². The zero-order valence-corrected chi connectivity index (χ0v) is 12.9. The van der Waals surface area contributed by atoms with Crippen LogP contribution in [0, 0.1) is 11.3 Å². The Morgan fingerprint density at radius 3 is 2.55 bits per heavy atom. The molecule has 0 radical (unpaired) electrons. The molecule has 3 nitrogen and oxygen atoms in total. The molecule has 1 aromatic rings. The minimum Gasteiger partial charge on any atom is -0.508 e. The molecule has 0 spiro atoms. The van der Waals surface area contributed by atoms with Crippen LogP contribution in [0.4, 0.5) is 0 Å². The highest BCUT2D eigenvalue weighted by atomic mass is 16.3. The maximum atomic E-state index is 12.0. The van der Waals surface area contributed by atoms with Crippen LogP contribution in [0.1, 0.15) is 45.6 Å². The van der Waals surface area contributed by atoms with E-state index in [-0.39, 0.29) is 16.9 Å². The molecule has 20 heavy (non-hydrogen) atoms. The molecule has 0 bridgehead atoms. The smallest absolute Gasteiger partial charge is 0.137 e. The third-order valence-corrected chi connectivity index (χ3v) is 3.82. The van der Waals surface area contributed by atoms with E-state index in [0.717, 1.165) is 18.4 Å². The summed E-state index contributed by atoms with van der Waals surface area (Å²) in [6, 6.07) is 6.91. The SMILES string of the molecule is CC(C)(C)C(CCN)CCC(=O)Cc1cccc(O)c1. The minimum atomic E-state index is 0.185. The van der Waals surface area contributed by atoms with Crippen molar-refractivity contribution in [2.24, 2.45) is 17.1 Å². The number of aromatic hydroxyl groups is 1. The molecule has 1 rings (SSSR count). The number of benzene rings is 1. The Morgan fingerprint density at radius 1 is 1.30 bits per heavy atom. The maximum absolute atomic E-state index is 12.0. The summed E-state index contributed by atoms with van der Waals surface area (Å²) >= 11 is 0. The molecule has 1 atom stereocenters. The maximum Gasteiger partial charge on any atom is 0.137 e. The average Bonchev–Trinajstić information content (AvgIpc) is 2.33. The van der Waals surface area contributed by atoms with Crippen LogP contribution < -0.4 is 5.73 Å². The number of rotatable bonds is 7. The third kappa shape index (κ3) is 5.74. The standard InChI is InChI=1S/C17H27NO2/c1-17(2,3)14(9-10-18)7-8-16(20)12-13-5-4-6-15(19)11-13/h4-6,11,14,19H,7-10,12,18H2,1-3H3. The van der Waals surface area contributed by atoms with E-state index in [9.17, 15) is 9.90 Å². The van der Waals surface area contributed by atoms with Gasteiger partial charge in [-0.1, -0.05) is 32.9 Å². The van der Waals surface area contributed by atoms with E-state index in [1.165, 1.54) is 0 Å². The second-order valence-corrected chi connectivity index (χ2v) is 6.56. The number of Topliss-reactive ketones (excluding diaryl/α,β-unsaturated/α-hetero) is 1. The molecule has 0 aliphatic heterocycles. The van der Waals surface area contributed by atoms with E-state index in [0.29, 0.717) is 25.3 Å². The number of phenols is 1. The summed E-state index contributed by atoms with van der Waals surface area (Å²) in [6.07, 6.45) is 2.83. The van der Waals surface area contributed by atoms with Crippen LogP contribution in [-0.4, -0.2) is 17.4 Å². The molecule has 0 heterocycles. The van der Waals surface area contributed by atoms with Gasteiger partial charge in [0.1, 0.15) is 11.5 Å². The average molecular weight is 277 g/mol. The molecule has 1 unspecified atom stereocenters. The van der Waals surface area contributed by atoms with Gasteiger partial charge in [0, 0.05) is 12.8 Å². The van der Waals surface area contributed by atoms with Gasteiger partial charge in [-0.3, -0.25) is 4.79 Å². The quantitative estimate of drug-likeness (QED) is 0.803. The van der Waals surface area contributed by atoms with Crippen molar-refractivity contribution in [3.8, 4) is 5.75 Å². The van der Waals surface area contributed by atoms with E-state index in [1.807, 2.05) is 6.07 Å². The summed E-state index contributed by atoms with van der Waals surface area (Å²) < 4.78 is 0. The second-order valence-electron chi connectivity index (χ2n) is 6.56. The van der Waals surface area contributed by atoms with Crippen molar-refractivity contribution in [3.05, 3.63) is 29.8 Å². The van der Waals surface area contributed by atoms with E-state index in [1.54, 1.807) is 18.2 Å². The summed E-state index contributed by atoms with van der Waals surface area (Å²) in [5.74, 6) is 0.911. The van der Waals surface area contributed by atoms with Crippen LogP contribution in [0.5, 0.6) is 5.75 Å². The lowest BCUT2D eigenvalue weighted by Crippen LogP contribution is -2.24. The fourth-order valence-electron chi connectivity index (χ4n) is 2.53. The van der Waals surface area contributed by atoms with Crippen molar-refractivity contribution in [3.63, 3.8) is 0 Å². The van der Waals surface area contributed by atoms with Crippen LogP contribution in [-0.2, 0) is 11.2 Å². The number of phenolic OH excluding ortho intramolecular Hbond substituents is 1. The molecule has 3 heteroatoms. The first-order valence-corrected chi connectivity index (χ1v) is 7.32. The summed E-state index contributed by atoms with van der Waals surface area (Å²) in [5.41, 5.74) is 6.72. The van der Waals surface area contributed by atoms with Gasteiger partial charge in [0.05, 0.1) is 0 Å². The first-order valence-electron chi connectivity index (χ1n) is 7.32. The Hall–Kier alpha value is -1.35. The summed E-state index contributed by atoms with van der Waals surface area (Å²) in [7, 11) is 0. The number of ketones is 1. The minimum absolute atomic E-state index is 0.185. The molecule has 0 aliphatic rings. The highest BCUT2D eigenvalue weighted by Crippen LogP contribution is 2.32. The van der Waals surface area contributed by atoms with E-state index < -0.39 is 0 Å². The van der Waals surface area contributed by atoms with Crippen molar-refractivity contribution in [1.82, 2.24) is 0 Å². The van der Waals surface area contributed by atoms with Gasteiger partial charge >= 0.3 is 0 Å². The summed E-state index contributed by atoms with van der Waals surface area (Å²) in [4.78, 5) is 12.0. The third-order valence-electron chi connectivity index (χ3n) is 3.82. The molecule has 3 N–H and O–H groups in total. The molecule has 0 aromatic heterocycles. The monoisotopic (exact) mass is 277 g/mol. The number of hydrogen-bond donors (Lipinski definition) is 2. The predicted molar refractivity (Wildman–Crippen MR) is 82.7 cm³/mol. The van der Waals surface area contributed by atoms with E-state index in [4.69, 9.17) is 5.73 Å². The van der Waals surface area contributed by atoms with Crippen molar-refractivity contribution < 1.29 is 9.90 Å². The highest BCUT2D eigenvalue weighted by Gasteiger charge is 2.24.